The summed E-state index contributed by atoms with van der Waals surface area (Å²) >= 11 is 11.1. The number of esters is 1. The maximum Gasteiger partial charge on any atom is 0.326 e. The highest BCUT2D eigenvalue weighted by Gasteiger charge is 2.24. The lowest BCUT2D eigenvalue weighted by Crippen LogP contribution is -2.32. The smallest absolute Gasteiger partial charge is 0.326 e. The first-order chi connectivity index (χ1) is 7.15. The van der Waals surface area contributed by atoms with Crippen LogP contribution in [0.1, 0.15) is 5.56 Å². The Morgan fingerprint density at radius 1 is 1.40 bits per heavy atom. The first-order valence-corrected chi connectivity index (χ1v) is 5.05. The van der Waals surface area contributed by atoms with Crippen molar-refractivity contribution in [3.05, 3.63) is 35.9 Å². The Hall–Kier alpha value is -0.770. The topological polar surface area (TPSA) is 29.5 Å². The monoisotopic (exact) mass is 247 g/mol. The number of methoxy groups -OCH3 is 1. The van der Waals surface area contributed by atoms with Crippen molar-refractivity contribution in [2.75, 3.05) is 7.11 Å². The molecule has 0 spiro atoms. The molecular weight excluding hydrogens is 237 g/mol. The molecule has 1 aromatic carbocycles. The van der Waals surface area contributed by atoms with Gasteiger partial charge in [0.15, 0.2) is 0 Å². The summed E-state index contributed by atoms with van der Waals surface area (Å²) in [6.45, 7) is 0. The van der Waals surface area contributed by atoms with E-state index in [-0.39, 0.29) is 0 Å². The number of rotatable bonds is 4. The number of benzene rings is 1. The zero-order valence-electron chi connectivity index (χ0n) is 8.19. The molecular formula is C10H11Cl2NO2. The number of carbonyl (C=O) groups is 1. The van der Waals surface area contributed by atoms with Crippen molar-refractivity contribution in [1.29, 1.82) is 0 Å². The molecule has 0 heterocycles. The molecule has 0 aromatic heterocycles. The van der Waals surface area contributed by atoms with E-state index in [1.807, 2.05) is 30.3 Å². The van der Waals surface area contributed by atoms with Crippen LogP contribution in [-0.2, 0) is 16.0 Å². The van der Waals surface area contributed by atoms with Gasteiger partial charge >= 0.3 is 5.97 Å². The van der Waals surface area contributed by atoms with E-state index in [9.17, 15) is 4.79 Å². The summed E-state index contributed by atoms with van der Waals surface area (Å²) in [5.74, 6) is -0.455. The minimum absolute atomic E-state index is 0.417. The third-order valence-corrected chi connectivity index (χ3v) is 2.45. The summed E-state index contributed by atoms with van der Waals surface area (Å²) in [4.78, 5) is 11.3. The SMILES string of the molecule is COC(=O)[C@H](Cc1ccccc1)N(Cl)Cl. The zero-order valence-corrected chi connectivity index (χ0v) is 9.70. The number of ether oxygens (including phenoxy) is 1. The second-order valence-corrected chi connectivity index (χ2v) is 3.89. The fourth-order valence-corrected chi connectivity index (χ4v) is 1.50. The van der Waals surface area contributed by atoms with Gasteiger partial charge in [-0.1, -0.05) is 30.3 Å². The van der Waals surface area contributed by atoms with Crippen molar-refractivity contribution < 1.29 is 9.53 Å². The minimum atomic E-state index is -0.680. The summed E-state index contributed by atoms with van der Waals surface area (Å²) in [5.41, 5.74) is 0.971. The predicted molar refractivity (Wildman–Crippen MR) is 59.5 cm³/mol. The Morgan fingerprint density at radius 2 is 2.00 bits per heavy atom. The summed E-state index contributed by atoms with van der Waals surface area (Å²) in [5, 5.41) is 0. The van der Waals surface area contributed by atoms with Gasteiger partial charge in [-0.3, -0.25) is 4.79 Å². The summed E-state index contributed by atoms with van der Waals surface area (Å²) in [7, 11) is 1.30. The number of hydrogen-bond acceptors (Lipinski definition) is 3. The fraction of sp³-hybridized carbons (Fsp3) is 0.300. The molecule has 0 aliphatic heterocycles. The molecule has 0 unspecified atom stereocenters. The van der Waals surface area contributed by atoms with Gasteiger partial charge in [0.2, 0.25) is 0 Å². The molecule has 1 atom stereocenters. The first kappa shape index (κ1) is 12.3. The highest BCUT2D eigenvalue weighted by atomic mass is 35.5. The number of halogens is 2. The van der Waals surface area contributed by atoms with Gasteiger partial charge < -0.3 is 4.74 Å². The van der Waals surface area contributed by atoms with Crippen molar-refractivity contribution in [1.82, 2.24) is 3.94 Å². The van der Waals surface area contributed by atoms with Gasteiger partial charge in [0.1, 0.15) is 6.04 Å². The van der Waals surface area contributed by atoms with Crippen LogP contribution in [0.2, 0.25) is 0 Å². The summed E-state index contributed by atoms with van der Waals surface area (Å²) in [6, 6.07) is 8.78. The van der Waals surface area contributed by atoms with Crippen molar-refractivity contribution >= 4 is 29.5 Å². The lowest BCUT2D eigenvalue weighted by Gasteiger charge is -2.16. The van der Waals surface area contributed by atoms with E-state index in [2.05, 4.69) is 4.74 Å². The molecule has 0 saturated carbocycles. The zero-order chi connectivity index (χ0) is 11.3. The van der Waals surface area contributed by atoms with Crippen molar-refractivity contribution in [3.8, 4) is 0 Å². The molecule has 5 heteroatoms. The Labute approximate surface area is 98.8 Å². The lowest BCUT2D eigenvalue weighted by molar-refractivity contribution is -0.143. The van der Waals surface area contributed by atoms with Crippen LogP contribution in [0.5, 0.6) is 0 Å². The van der Waals surface area contributed by atoms with Crippen molar-refractivity contribution in [2.24, 2.45) is 0 Å². The second-order valence-electron chi connectivity index (χ2n) is 2.99. The standard InChI is InChI=1S/C10H11Cl2NO2/c1-15-10(14)9(13(11)12)7-8-5-3-2-4-6-8/h2-6,9H,7H2,1H3/t9-/m0/s1. The minimum Gasteiger partial charge on any atom is -0.468 e. The van der Waals surface area contributed by atoms with E-state index in [4.69, 9.17) is 23.6 Å². The van der Waals surface area contributed by atoms with Gasteiger partial charge in [-0.2, -0.15) is 0 Å². The molecule has 0 N–H and O–H groups in total. The quantitative estimate of drug-likeness (QED) is 0.605. The average molecular weight is 248 g/mol. The maximum atomic E-state index is 11.3. The van der Waals surface area contributed by atoms with E-state index in [1.54, 1.807) is 0 Å². The van der Waals surface area contributed by atoms with Crippen LogP contribution in [0, 0.1) is 0 Å². The van der Waals surface area contributed by atoms with Gasteiger partial charge in [-0.05, 0) is 29.1 Å². The van der Waals surface area contributed by atoms with Gasteiger partial charge in [-0.15, -0.1) is 3.94 Å². The Bertz CT molecular complexity index is 316. The molecule has 0 saturated heterocycles. The summed E-state index contributed by atoms with van der Waals surface area (Å²) in [6.07, 6.45) is 0.417. The van der Waals surface area contributed by atoms with Crippen LogP contribution in [0.4, 0.5) is 0 Å². The first-order valence-electron chi connectivity index (χ1n) is 4.37. The fourth-order valence-electron chi connectivity index (χ4n) is 1.21. The van der Waals surface area contributed by atoms with Gasteiger partial charge in [0.25, 0.3) is 0 Å². The molecule has 15 heavy (non-hydrogen) atoms. The molecule has 1 rings (SSSR count). The third-order valence-electron chi connectivity index (χ3n) is 1.98. The number of nitrogens with zero attached hydrogens (tertiary/aromatic N) is 1. The average Bonchev–Trinajstić information content (AvgIpc) is 2.26. The molecule has 0 amide bonds. The lowest BCUT2D eigenvalue weighted by atomic mass is 10.1. The van der Waals surface area contributed by atoms with Gasteiger partial charge in [0.05, 0.1) is 7.11 Å². The molecule has 0 radical (unpaired) electrons. The molecule has 0 aliphatic rings. The Kier molecular flexibility index (Phi) is 4.88. The van der Waals surface area contributed by atoms with Crippen LogP contribution < -0.4 is 0 Å². The number of carbonyl (C=O) groups excluding carboxylic acids is 1. The van der Waals surface area contributed by atoms with E-state index >= 15 is 0 Å². The maximum absolute atomic E-state index is 11.3. The molecule has 3 nitrogen and oxygen atoms in total. The highest BCUT2D eigenvalue weighted by molar-refractivity contribution is 6.34. The predicted octanol–water partition coefficient (Wildman–Crippen LogP) is 2.38. The second kappa shape index (κ2) is 5.95. The van der Waals surface area contributed by atoms with E-state index in [0.717, 1.165) is 9.50 Å². The van der Waals surface area contributed by atoms with Crippen molar-refractivity contribution in [2.45, 2.75) is 12.5 Å². The normalized spacial score (nSPS) is 12.5. The van der Waals surface area contributed by atoms with E-state index in [0.29, 0.717) is 6.42 Å². The van der Waals surface area contributed by atoms with Gasteiger partial charge in [0, 0.05) is 6.42 Å². The summed E-state index contributed by atoms with van der Waals surface area (Å²) < 4.78 is 5.41. The largest absolute Gasteiger partial charge is 0.468 e. The molecule has 0 fully saturated rings. The van der Waals surface area contributed by atoms with Crippen molar-refractivity contribution in [3.63, 3.8) is 0 Å². The van der Waals surface area contributed by atoms with E-state index in [1.165, 1.54) is 7.11 Å². The number of hydrogen-bond donors (Lipinski definition) is 0. The molecule has 0 bridgehead atoms. The molecule has 1 aromatic rings. The van der Waals surface area contributed by atoms with Crippen LogP contribution in [0.25, 0.3) is 0 Å². The highest BCUT2D eigenvalue weighted by Crippen LogP contribution is 2.14. The molecule has 82 valence electrons. The third kappa shape index (κ3) is 3.70. The Morgan fingerprint density at radius 3 is 2.47 bits per heavy atom. The van der Waals surface area contributed by atoms with Gasteiger partial charge in [-0.25, -0.2) is 0 Å². The van der Waals surface area contributed by atoms with Crippen LogP contribution in [-0.4, -0.2) is 23.1 Å². The van der Waals surface area contributed by atoms with Crippen LogP contribution in [0.15, 0.2) is 30.3 Å². The van der Waals surface area contributed by atoms with E-state index < -0.39 is 12.0 Å². The Balaban J connectivity index is 2.72. The van der Waals surface area contributed by atoms with Crippen LogP contribution in [0.3, 0.4) is 0 Å². The van der Waals surface area contributed by atoms with Crippen LogP contribution >= 0.6 is 23.6 Å². The molecule has 0 aliphatic carbocycles.